The number of nitrogens with zero attached hydrogens (tertiary/aromatic N) is 1. The summed E-state index contributed by atoms with van der Waals surface area (Å²) in [5, 5.41) is 11.1. The lowest BCUT2D eigenvalue weighted by Crippen LogP contribution is -2.56. The van der Waals surface area contributed by atoms with Gasteiger partial charge in [0.15, 0.2) is 0 Å². The van der Waals surface area contributed by atoms with E-state index in [1.165, 1.54) is 4.90 Å². The number of rotatable bonds is 5. The van der Waals surface area contributed by atoms with Crippen LogP contribution in [0.2, 0.25) is 0 Å². The average Bonchev–Trinajstić information content (AvgIpc) is 2.55. The highest BCUT2D eigenvalue weighted by Crippen LogP contribution is 2.24. The molecular formula is C17H20NO4S-. The van der Waals surface area contributed by atoms with Gasteiger partial charge in [-0.05, 0) is 26.2 Å². The minimum absolute atomic E-state index is 0.0819. The molecule has 0 N–H and O–H groups in total. The molecule has 0 radical (unpaired) electrons. The summed E-state index contributed by atoms with van der Waals surface area (Å²) in [7, 11) is 0. The molecule has 23 heavy (non-hydrogen) atoms. The van der Waals surface area contributed by atoms with Crippen molar-refractivity contribution in [3.63, 3.8) is 0 Å². The first-order valence-electron chi connectivity index (χ1n) is 7.75. The van der Waals surface area contributed by atoms with Gasteiger partial charge in [-0.25, -0.2) is 0 Å². The molecule has 0 spiro atoms. The quantitative estimate of drug-likeness (QED) is 0.815. The summed E-state index contributed by atoms with van der Waals surface area (Å²) in [5.41, 5.74) is 0.601. The van der Waals surface area contributed by atoms with E-state index in [1.807, 2.05) is 13.0 Å². The second-order valence-corrected chi connectivity index (χ2v) is 6.74. The number of hydrogen-bond acceptors (Lipinski definition) is 5. The van der Waals surface area contributed by atoms with Gasteiger partial charge in [0.2, 0.25) is 11.0 Å². The minimum atomic E-state index is -1.20. The second-order valence-electron chi connectivity index (χ2n) is 5.67. The predicted molar refractivity (Wildman–Crippen MR) is 86.8 cm³/mol. The van der Waals surface area contributed by atoms with E-state index in [4.69, 9.17) is 0 Å². The Morgan fingerprint density at radius 2 is 1.91 bits per heavy atom. The molecular weight excluding hydrogens is 314 g/mol. The van der Waals surface area contributed by atoms with E-state index in [0.717, 1.165) is 24.6 Å². The zero-order chi connectivity index (χ0) is 16.8. The van der Waals surface area contributed by atoms with Crippen LogP contribution in [0.25, 0.3) is 0 Å². The molecule has 0 bridgehead atoms. The van der Waals surface area contributed by atoms with Gasteiger partial charge in [0.25, 0.3) is 0 Å². The SMILES string of the molecule is CC1CCCC(C(=O)[O-])N1C(=O)CCSC(=O)c1ccccc1. The maximum absolute atomic E-state index is 12.4. The molecule has 2 rings (SSSR count). The maximum atomic E-state index is 12.4. The smallest absolute Gasteiger partial charge is 0.224 e. The van der Waals surface area contributed by atoms with Crippen LogP contribution in [0.1, 0.15) is 43.0 Å². The van der Waals surface area contributed by atoms with Crippen LogP contribution in [0.15, 0.2) is 30.3 Å². The van der Waals surface area contributed by atoms with E-state index >= 15 is 0 Å². The molecule has 0 aromatic heterocycles. The molecule has 0 saturated carbocycles. The molecule has 6 heteroatoms. The zero-order valence-electron chi connectivity index (χ0n) is 13.1. The Hall–Kier alpha value is -1.82. The van der Waals surface area contributed by atoms with Crippen LogP contribution in [0, 0.1) is 0 Å². The lowest BCUT2D eigenvalue weighted by atomic mass is 9.96. The number of aliphatic carboxylic acids is 1. The number of carbonyl (C=O) groups excluding carboxylic acids is 3. The van der Waals surface area contributed by atoms with Gasteiger partial charge >= 0.3 is 0 Å². The first-order valence-corrected chi connectivity index (χ1v) is 8.73. The number of amides is 1. The Labute approximate surface area is 140 Å². The van der Waals surface area contributed by atoms with Gasteiger partial charge in [0, 0.05) is 23.8 Å². The molecule has 1 aromatic rings. The van der Waals surface area contributed by atoms with Crippen LogP contribution in [0.4, 0.5) is 0 Å². The highest BCUT2D eigenvalue weighted by molar-refractivity contribution is 8.14. The van der Waals surface area contributed by atoms with Gasteiger partial charge in [-0.2, -0.15) is 0 Å². The minimum Gasteiger partial charge on any atom is -0.548 e. The Morgan fingerprint density at radius 3 is 2.57 bits per heavy atom. The Bertz CT molecular complexity index is 575. The summed E-state index contributed by atoms with van der Waals surface area (Å²) in [6.45, 7) is 1.86. The van der Waals surface area contributed by atoms with Crippen molar-refractivity contribution in [2.24, 2.45) is 0 Å². The van der Waals surface area contributed by atoms with Gasteiger partial charge in [0.1, 0.15) is 0 Å². The molecule has 1 aliphatic heterocycles. The van der Waals surface area contributed by atoms with E-state index in [9.17, 15) is 19.5 Å². The molecule has 2 atom stereocenters. The van der Waals surface area contributed by atoms with Gasteiger partial charge in [-0.15, -0.1) is 0 Å². The highest BCUT2D eigenvalue weighted by Gasteiger charge is 2.32. The second kappa shape index (κ2) is 8.15. The maximum Gasteiger partial charge on any atom is 0.224 e. The van der Waals surface area contributed by atoms with Crippen LogP contribution in [0.5, 0.6) is 0 Å². The molecule has 1 aromatic carbocycles. The molecule has 1 heterocycles. The van der Waals surface area contributed by atoms with Crippen molar-refractivity contribution in [3.05, 3.63) is 35.9 Å². The summed E-state index contributed by atoms with van der Waals surface area (Å²) in [6.07, 6.45) is 2.17. The van der Waals surface area contributed by atoms with Gasteiger partial charge in [-0.3, -0.25) is 9.59 Å². The van der Waals surface area contributed by atoms with Gasteiger partial charge < -0.3 is 14.8 Å². The summed E-state index contributed by atoms with van der Waals surface area (Å²) in [4.78, 5) is 37.0. The number of carboxylic acid groups (broad SMARTS) is 1. The van der Waals surface area contributed by atoms with Crippen molar-refractivity contribution in [3.8, 4) is 0 Å². The zero-order valence-corrected chi connectivity index (χ0v) is 13.9. The highest BCUT2D eigenvalue weighted by atomic mass is 32.2. The number of piperidine rings is 1. The lowest BCUT2D eigenvalue weighted by Gasteiger charge is -2.41. The number of carbonyl (C=O) groups is 3. The first kappa shape index (κ1) is 17.5. The molecule has 0 aliphatic carbocycles. The topological polar surface area (TPSA) is 77.5 Å². The summed E-state index contributed by atoms with van der Waals surface area (Å²) in [5.74, 6) is -1.08. The van der Waals surface area contributed by atoms with E-state index in [1.54, 1.807) is 24.3 Å². The molecule has 5 nitrogen and oxygen atoms in total. The third-order valence-electron chi connectivity index (χ3n) is 4.03. The monoisotopic (exact) mass is 334 g/mol. The number of likely N-dealkylation sites (tertiary alicyclic amines) is 1. The molecule has 1 fully saturated rings. The first-order chi connectivity index (χ1) is 11.0. The third-order valence-corrected chi connectivity index (χ3v) is 4.93. The lowest BCUT2D eigenvalue weighted by molar-refractivity contribution is -0.312. The third kappa shape index (κ3) is 4.58. The van der Waals surface area contributed by atoms with E-state index < -0.39 is 12.0 Å². The molecule has 124 valence electrons. The number of hydrogen-bond donors (Lipinski definition) is 0. The molecule has 1 saturated heterocycles. The van der Waals surface area contributed by atoms with Crippen molar-refractivity contribution in [1.82, 2.24) is 4.90 Å². The summed E-state index contributed by atoms with van der Waals surface area (Å²) < 4.78 is 0. The van der Waals surface area contributed by atoms with Crippen LogP contribution in [0.3, 0.4) is 0 Å². The molecule has 1 amide bonds. The van der Waals surface area contributed by atoms with Crippen molar-refractivity contribution in [2.45, 2.75) is 44.7 Å². The molecule has 2 unspecified atom stereocenters. The molecule has 1 aliphatic rings. The van der Waals surface area contributed by atoms with Crippen molar-refractivity contribution in [1.29, 1.82) is 0 Å². The fraction of sp³-hybridized carbons (Fsp3) is 0.471. The fourth-order valence-corrected chi connectivity index (χ4v) is 3.63. The largest absolute Gasteiger partial charge is 0.548 e. The number of thioether (sulfide) groups is 1. The average molecular weight is 334 g/mol. The van der Waals surface area contributed by atoms with E-state index in [0.29, 0.717) is 17.7 Å². The Balaban J connectivity index is 1.88. The normalized spacial score (nSPS) is 21.0. The van der Waals surface area contributed by atoms with Crippen LogP contribution in [-0.4, -0.2) is 39.7 Å². The van der Waals surface area contributed by atoms with Gasteiger partial charge in [-0.1, -0.05) is 42.1 Å². The number of benzene rings is 1. The summed E-state index contributed by atoms with van der Waals surface area (Å²) in [6, 6.07) is 7.93. The fourth-order valence-electron chi connectivity index (χ4n) is 2.86. The predicted octanol–water partition coefficient (Wildman–Crippen LogP) is 1.47. The van der Waals surface area contributed by atoms with E-state index in [-0.39, 0.29) is 23.5 Å². The van der Waals surface area contributed by atoms with Crippen molar-refractivity contribution >= 4 is 28.8 Å². The Kier molecular flexibility index (Phi) is 6.21. The van der Waals surface area contributed by atoms with Crippen molar-refractivity contribution in [2.75, 3.05) is 5.75 Å². The van der Waals surface area contributed by atoms with Gasteiger partial charge in [0.05, 0.1) is 12.0 Å². The summed E-state index contributed by atoms with van der Waals surface area (Å²) >= 11 is 1.08. The van der Waals surface area contributed by atoms with Crippen LogP contribution in [-0.2, 0) is 9.59 Å². The standard InChI is InChI=1S/C17H21NO4S/c1-12-6-5-9-14(16(20)21)18(12)15(19)10-11-23-17(22)13-7-3-2-4-8-13/h2-4,7-8,12,14H,5-6,9-11H2,1H3,(H,20,21)/p-1. The van der Waals surface area contributed by atoms with Crippen LogP contribution < -0.4 is 5.11 Å². The Morgan fingerprint density at radius 1 is 1.22 bits per heavy atom. The van der Waals surface area contributed by atoms with E-state index in [2.05, 4.69) is 0 Å². The van der Waals surface area contributed by atoms with Crippen molar-refractivity contribution < 1.29 is 19.5 Å². The number of carboxylic acids is 1. The van der Waals surface area contributed by atoms with Crippen LogP contribution >= 0.6 is 11.8 Å².